The molecule has 2 N–H and O–H groups in total. The predicted octanol–water partition coefficient (Wildman–Crippen LogP) is 0.926. The van der Waals surface area contributed by atoms with Gasteiger partial charge in [0.1, 0.15) is 5.65 Å². The quantitative estimate of drug-likeness (QED) is 0.883. The van der Waals surface area contributed by atoms with Gasteiger partial charge in [0.25, 0.3) is 5.56 Å². The molecule has 1 unspecified atom stereocenters. The molecule has 5 nitrogen and oxygen atoms in total. The molecule has 106 valence electrons. The maximum atomic E-state index is 12.1. The van der Waals surface area contributed by atoms with Crippen LogP contribution in [0.2, 0.25) is 0 Å². The molecule has 0 radical (unpaired) electrons. The molecule has 0 spiro atoms. The SMILES string of the molecule is Cc1cccn2c(=O)cc(CN3CCCC(N)C3)nc12. The zero-order chi connectivity index (χ0) is 14.1. The van der Waals surface area contributed by atoms with Gasteiger partial charge >= 0.3 is 0 Å². The van der Waals surface area contributed by atoms with Gasteiger partial charge in [-0.25, -0.2) is 4.98 Å². The standard InChI is InChI=1S/C15H20N4O/c1-11-4-2-7-19-14(20)8-13(17-15(11)19)10-18-6-3-5-12(16)9-18/h2,4,7-8,12H,3,5-6,9-10,16H2,1H3. The molecule has 0 bridgehead atoms. The van der Waals surface area contributed by atoms with Crippen LogP contribution in [0.3, 0.4) is 0 Å². The van der Waals surface area contributed by atoms with E-state index < -0.39 is 0 Å². The molecule has 0 amide bonds. The second-order valence-electron chi connectivity index (χ2n) is 5.61. The molecular formula is C15H20N4O. The largest absolute Gasteiger partial charge is 0.327 e. The number of fused-ring (bicyclic) bond motifs is 1. The van der Waals surface area contributed by atoms with E-state index in [1.54, 1.807) is 16.7 Å². The number of piperidine rings is 1. The average molecular weight is 272 g/mol. The Morgan fingerprint density at radius 1 is 1.50 bits per heavy atom. The number of nitrogens with two attached hydrogens (primary N) is 1. The number of pyridine rings is 1. The summed E-state index contributed by atoms with van der Waals surface area (Å²) in [5, 5.41) is 0. The van der Waals surface area contributed by atoms with E-state index in [-0.39, 0.29) is 11.6 Å². The normalized spacial score (nSPS) is 20.4. The summed E-state index contributed by atoms with van der Waals surface area (Å²) < 4.78 is 1.60. The van der Waals surface area contributed by atoms with Crippen molar-refractivity contribution in [3.8, 4) is 0 Å². The minimum Gasteiger partial charge on any atom is -0.327 e. The van der Waals surface area contributed by atoms with Gasteiger partial charge in [-0.2, -0.15) is 0 Å². The van der Waals surface area contributed by atoms with Crippen molar-refractivity contribution < 1.29 is 0 Å². The fourth-order valence-electron chi connectivity index (χ4n) is 2.85. The van der Waals surface area contributed by atoms with Crippen molar-refractivity contribution in [1.29, 1.82) is 0 Å². The maximum Gasteiger partial charge on any atom is 0.258 e. The van der Waals surface area contributed by atoms with Gasteiger partial charge < -0.3 is 5.73 Å². The van der Waals surface area contributed by atoms with E-state index in [0.717, 1.165) is 42.8 Å². The third-order valence-corrected chi connectivity index (χ3v) is 3.87. The fourth-order valence-corrected chi connectivity index (χ4v) is 2.85. The highest BCUT2D eigenvalue weighted by atomic mass is 16.1. The van der Waals surface area contributed by atoms with Crippen molar-refractivity contribution in [3.05, 3.63) is 46.0 Å². The third kappa shape index (κ3) is 2.59. The molecule has 1 saturated heterocycles. The van der Waals surface area contributed by atoms with E-state index in [1.807, 2.05) is 19.1 Å². The van der Waals surface area contributed by atoms with E-state index in [4.69, 9.17) is 5.73 Å². The molecule has 3 heterocycles. The van der Waals surface area contributed by atoms with Gasteiger partial charge in [-0.05, 0) is 37.9 Å². The van der Waals surface area contributed by atoms with Gasteiger partial charge in [-0.15, -0.1) is 0 Å². The van der Waals surface area contributed by atoms with Crippen molar-refractivity contribution in [2.24, 2.45) is 5.73 Å². The molecule has 3 rings (SSSR count). The molecule has 0 saturated carbocycles. The van der Waals surface area contributed by atoms with Crippen molar-refractivity contribution in [2.75, 3.05) is 13.1 Å². The summed E-state index contributed by atoms with van der Waals surface area (Å²) in [7, 11) is 0. The zero-order valence-electron chi connectivity index (χ0n) is 11.7. The second kappa shape index (κ2) is 5.34. The minimum atomic E-state index is -0.0185. The van der Waals surface area contributed by atoms with Gasteiger partial charge in [0.05, 0.1) is 5.69 Å². The lowest BCUT2D eigenvalue weighted by Gasteiger charge is -2.30. The first-order valence-electron chi connectivity index (χ1n) is 7.09. The van der Waals surface area contributed by atoms with Gasteiger partial charge in [0, 0.05) is 31.4 Å². The van der Waals surface area contributed by atoms with Crippen LogP contribution in [0.1, 0.15) is 24.1 Å². The Hall–Kier alpha value is -1.72. The predicted molar refractivity (Wildman–Crippen MR) is 78.7 cm³/mol. The van der Waals surface area contributed by atoms with Crippen molar-refractivity contribution >= 4 is 5.65 Å². The van der Waals surface area contributed by atoms with E-state index in [2.05, 4.69) is 9.88 Å². The van der Waals surface area contributed by atoms with Crippen LogP contribution in [0.15, 0.2) is 29.2 Å². The van der Waals surface area contributed by atoms with Gasteiger partial charge in [0.2, 0.25) is 0 Å². The minimum absolute atomic E-state index is 0.0185. The number of hydrogen-bond acceptors (Lipinski definition) is 4. The van der Waals surface area contributed by atoms with Gasteiger partial charge in [-0.3, -0.25) is 14.1 Å². The summed E-state index contributed by atoms with van der Waals surface area (Å²) in [4.78, 5) is 19.1. The summed E-state index contributed by atoms with van der Waals surface area (Å²) >= 11 is 0. The zero-order valence-corrected chi connectivity index (χ0v) is 11.7. The van der Waals surface area contributed by atoms with E-state index in [9.17, 15) is 4.79 Å². The van der Waals surface area contributed by atoms with E-state index in [0.29, 0.717) is 6.54 Å². The molecule has 5 heteroatoms. The smallest absolute Gasteiger partial charge is 0.258 e. The number of nitrogens with zero attached hydrogens (tertiary/aromatic N) is 3. The van der Waals surface area contributed by atoms with Crippen LogP contribution in [0.4, 0.5) is 0 Å². The summed E-state index contributed by atoms with van der Waals surface area (Å²) in [6.07, 6.45) is 3.97. The second-order valence-corrected chi connectivity index (χ2v) is 5.61. The summed E-state index contributed by atoms with van der Waals surface area (Å²) in [5.74, 6) is 0. The topological polar surface area (TPSA) is 63.6 Å². The lowest BCUT2D eigenvalue weighted by Crippen LogP contribution is -2.42. The van der Waals surface area contributed by atoms with Crippen molar-refractivity contribution in [2.45, 2.75) is 32.4 Å². The van der Waals surface area contributed by atoms with Crippen LogP contribution < -0.4 is 11.3 Å². The highest BCUT2D eigenvalue weighted by Crippen LogP contribution is 2.12. The summed E-state index contributed by atoms with van der Waals surface area (Å²) in [6.45, 7) is 4.59. The van der Waals surface area contributed by atoms with Crippen LogP contribution in [0.25, 0.3) is 5.65 Å². The molecule has 20 heavy (non-hydrogen) atoms. The Bertz CT molecular complexity index is 679. The van der Waals surface area contributed by atoms with E-state index in [1.165, 1.54) is 0 Å². The fraction of sp³-hybridized carbons (Fsp3) is 0.467. The number of likely N-dealkylation sites (tertiary alicyclic amines) is 1. The van der Waals surface area contributed by atoms with Crippen molar-refractivity contribution in [3.63, 3.8) is 0 Å². The number of hydrogen-bond donors (Lipinski definition) is 1. The Balaban J connectivity index is 1.92. The lowest BCUT2D eigenvalue weighted by atomic mass is 10.1. The average Bonchev–Trinajstić information content (AvgIpc) is 2.40. The molecule has 1 fully saturated rings. The molecular weight excluding hydrogens is 252 g/mol. The molecule has 1 aliphatic heterocycles. The molecule has 1 aliphatic rings. The summed E-state index contributed by atoms with van der Waals surface area (Å²) in [5.41, 5.74) is 8.57. The van der Waals surface area contributed by atoms with Gasteiger partial charge in [0.15, 0.2) is 0 Å². The first-order chi connectivity index (χ1) is 9.63. The highest BCUT2D eigenvalue weighted by molar-refractivity contribution is 5.46. The van der Waals surface area contributed by atoms with Gasteiger partial charge in [-0.1, -0.05) is 6.07 Å². The highest BCUT2D eigenvalue weighted by Gasteiger charge is 2.17. The molecule has 2 aromatic heterocycles. The Kier molecular flexibility index (Phi) is 3.54. The van der Waals surface area contributed by atoms with Crippen LogP contribution >= 0.6 is 0 Å². The van der Waals surface area contributed by atoms with Crippen molar-refractivity contribution in [1.82, 2.24) is 14.3 Å². The van der Waals surface area contributed by atoms with Crippen LogP contribution in [0, 0.1) is 6.92 Å². The van der Waals surface area contributed by atoms with E-state index >= 15 is 0 Å². The van der Waals surface area contributed by atoms with Crippen LogP contribution in [-0.4, -0.2) is 33.4 Å². The molecule has 0 aromatic carbocycles. The number of aryl methyl sites for hydroxylation is 1. The lowest BCUT2D eigenvalue weighted by molar-refractivity contribution is 0.199. The molecule has 2 aromatic rings. The third-order valence-electron chi connectivity index (χ3n) is 3.87. The Labute approximate surface area is 118 Å². The number of rotatable bonds is 2. The Morgan fingerprint density at radius 3 is 3.15 bits per heavy atom. The molecule has 1 atom stereocenters. The van der Waals surface area contributed by atoms with Crippen LogP contribution in [0.5, 0.6) is 0 Å². The maximum absolute atomic E-state index is 12.1. The summed E-state index contributed by atoms with van der Waals surface area (Å²) in [6, 6.07) is 5.72. The van der Waals surface area contributed by atoms with Crippen LogP contribution in [-0.2, 0) is 6.54 Å². The first-order valence-corrected chi connectivity index (χ1v) is 7.09. The molecule has 0 aliphatic carbocycles. The monoisotopic (exact) mass is 272 g/mol. The Morgan fingerprint density at radius 2 is 2.35 bits per heavy atom. The number of aromatic nitrogens is 2. The first kappa shape index (κ1) is 13.3.